The molecule has 3 heteroatoms. The van der Waals surface area contributed by atoms with Crippen LogP contribution in [-0.2, 0) is 5.41 Å². The van der Waals surface area contributed by atoms with Crippen LogP contribution in [0.15, 0.2) is 211 Å². The number of benzene rings is 9. The van der Waals surface area contributed by atoms with Crippen molar-refractivity contribution in [3.8, 4) is 39.1 Å². The molecule has 3 nitrogen and oxygen atoms in total. The lowest BCUT2D eigenvalue weighted by atomic mass is 9.81. The predicted molar refractivity (Wildman–Crippen MR) is 251 cm³/mol. The molecule has 0 radical (unpaired) electrons. The molecule has 1 aliphatic carbocycles. The molecule has 60 heavy (non-hydrogen) atoms. The van der Waals surface area contributed by atoms with Crippen molar-refractivity contribution in [3.63, 3.8) is 0 Å². The van der Waals surface area contributed by atoms with E-state index in [1.165, 1.54) is 55.2 Å². The van der Waals surface area contributed by atoms with Crippen LogP contribution in [-0.4, -0.2) is 4.57 Å². The summed E-state index contributed by atoms with van der Waals surface area (Å²) in [6.07, 6.45) is 0. The molecule has 0 unspecified atom stereocenters. The van der Waals surface area contributed by atoms with E-state index >= 15 is 0 Å². The number of hydrogen-bond donors (Lipinski definition) is 0. The summed E-state index contributed by atoms with van der Waals surface area (Å²) in [6, 6.07) is 74.7. The molecule has 0 amide bonds. The molecular weight excluding hydrogens is 729 g/mol. The van der Waals surface area contributed by atoms with Gasteiger partial charge in [0.25, 0.3) is 0 Å². The Morgan fingerprint density at radius 3 is 1.78 bits per heavy atom. The summed E-state index contributed by atoms with van der Waals surface area (Å²) in [5.74, 6) is 0. The van der Waals surface area contributed by atoms with Gasteiger partial charge in [-0.3, -0.25) is 0 Å². The number of aromatic nitrogens is 1. The fourth-order valence-corrected chi connectivity index (χ4v) is 9.98. The molecule has 11 aromatic rings. The van der Waals surface area contributed by atoms with Crippen molar-refractivity contribution >= 4 is 60.8 Å². The molecule has 0 saturated carbocycles. The Morgan fingerprint density at radius 1 is 0.433 bits per heavy atom. The van der Waals surface area contributed by atoms with E-state index in [-0.39, 0.29) is 5.41 Å². The van der Waals surface area contributed by atoms with Gasteiger partial charge in [0.1, 0.15) is 11.2 Å². The third-order valence-electron chi connectivity index (χ3n) is 12.8. The van der Waals surface area contributed by atoms with Gasteiger partial charge in [-0.2, -0.15) is 0 Å². The Morgan fingerprint density at radius 2 is 1.02 bits per heavy atom. The van der Waals surface area contributed by atoms with Crippen LogP contribution in [0.2, 0.25) is 0 Å². The van der Waals surface area contributed by atoms with Gasteiger partial charge in [-0.1, -0.05) is 153 Å². The Labute approximate surface area is 349 Å². The van der Waals surface area contributed by atoms with E-state index in [1.54, 1.807) is 0 Å². The van der Waals surface area contributed by atoms with E-state index in [2.05, 4.69) is 230 Å². The van der Waals surface area contributed by atoms with Gasteiger partial charge in [0.15, 0.2) is 0 Å². The van der Waals surface area contributed by atoms with Crippen LogP contribution in [0.3, 0.4) is 0 Å². The third kappa shape index (κ3) is 5.09. The maximum atomic E-state index is 6.91. The molecular formula is C57H40N2O. The first-order valence-corrected chi connectivity index (χ1v) is 20.8. The highest BCUT2D eigenvalue weighted by Gasteiger charge is 2.35. The zero-order valence-corrected chi connectivity index (χ0v) is 33.4. The average molecular weight is 769 g/mol. The normalized spacial score (nSPS) is 13.0. The Bertz CT molecular complexity index is 3410. The van der Waals surface area contributed by atoms with Crippen LogP contribution in [0.5, 0.6) is 0 Å². The van der Waals surface area contributed by atoms with E-state index in [0.717, 1.165) is 55.8 Å². The maximum absolute atomic E-state index is 6.91. The molecule has 0 N–H and O–H groups in total. The summed E-state index contributed by atoms with van der Waals surface area (Å²) in [7, 11) is 0. The van der Waals surface area contributed by atoms with Gasteiger partial charge >= 0.3 is 0 Å². The minimum atomic E-state index is -0.102. The van der Waals surface area contributed by atoms with Gasteiger partial charge in [-0.25, -0.2) is 0 Å². The number of para-hydroxylation sites is 5. The SMILES string of the molecule is CC1(C)c2ccccc2-c2ccc(-c3ccccc3N(c3ccccc3)c3ccc(-c4ccc(-n5c6ccccc6c6ccccc65)cc4)c4oc5ccccc5c34)cc21. The van der Waals surface area contributed by atoms with E-state index in [9.17, 15) is 0 Å². The number of furan rings is 1. The molecule has 0 saturated heterocycles. The molecule has 9 aromatic carbocycles. The highest BCUT2D eigenvalue weighted by atomic mass is 16.3. The molecule has 2 heterocycles. The van der Waals surface area contributed by atoms with Crippen molar-refractivity contribution in [2.75, 3.05) is 4.90 Å². The topological polar surface area (TPSA) is 21.3 Å². The summed E-state index contributed by atoms with van der Waals surface area (Å²) in [5.41, 5.74) is 18.3. The highest BCUT2D eigenvalue weighted by molar-refractivity contribution is 6.17. The monoisotopic (exact) mass is 768 g/mol. The molecule has 0 atom stereocenters. The van der Waals surface area contributed by atoms with Crippen LogP contribution >= 0.6 is 0 Å². The van der Waals surface area contributed by atoms with E-state index < -0.39 is 0 Å². The highest BCUT2D eigenvalue weighted by Crippen LogP contribution is 2.52. The van der Waals surface area contributed by atoms with Crippen LogP contribution in [0.25, 0.3) is 82.8 Å². The van der Waals surface area contributed by atoms with Gasteiger partial charge in [0.05, 0.1) is 27.8 Å². The second kappa shape index (κ2) is 13.2. The summed E-state index contributed by atoms with van der Waals surface area (Å²) < 4.78 is 9.27. The summed E-state index contributed by atoms with van der Waals surface area (Å²) in [5, 5.41) is 4.68. The zero-order chi connectivity index (χ0) is 40.0. The van der Waals surface area contributed by atoms with Crippen LogP contribution < -0.4 is 4.90 Å². The fourth-order valence-electron chi connectivity index (χ4n) is 9.98. The van der Waals surface area contributed by atoms with Crippen LogP contribution in [0.4, 0.5) is 17.1 Å². The number of nitrogens with zero attached hydrogens (tertiary/aromatic N) is 2. The largest absolute Gasteiger partial charge is 0.455 e. The number of hydrogen-bond acceptors (Lipinski definition) is 2. The lowest BCUT2D eigenvalue weighted by Crippen LogP contribution is -2.15. The van der Waals surface area contributed by atoms with Crippen molar-refractivity contribution in [3.05, 3.63) is 217 Å². The van der Waals surface area contributed by atoms with Gasteiger partial charge in [0, 0.05) is 44.1 Å². The van der Waals surface area contributed by atoms with Gasteiger partial charge in [0.2, 0.25) is 0 Å². The minimum absolute atomic E-state index is 0.102. The van der Waals surface area contributed by atoms with Gasteiger partial charge in [-0.05, 0) is 100 Å². The van der Waals surface area contributed by atoms with E-state index in [1.807, 2.05) is 0 Å². The van der Waals surface area contributed by atoms with Crippen molar-refractivity contribution in [2.24, 2.45) is 0 Å². The lowest BCUT2D eigenvalue weighted by Gasteiger charge is -2.29. The fraction of sp³-hybridized carbons (Fsp3) is 0.0526. The molecule has 284 valence electrons. The number of fused-ring (bicyclic) bond motifs is 9. The molecule has 1 aliphatic rings. The second-order valence-electron chi connectivity index (χ2n) is 16.5. The Kier molecular flexibility index (Phi) is 7.58. The van der Waals surface area contributed by atoms with Crippen molar-refractivity contribution < 1.29 is 4.42 Å². The van der Waals surface area contributed by atoms with Crippen molar-refractivity contribution in [2.45, 2.75) is 19.3 Å². The minimum Gasteiger partial charge on any atom is -0.455 e. The molecule has 0 bridgehead atoms. The second-order valence-corrected chi connectivity index (χ2v) is 16.5. The van der Waals surface area contributed by atoms with Crippen LogP contribution in [0.1, 0.15) is 25.0 Å². The number of anilines is 3. The smallest absolute Gasteiger partial charge is 0.145 e. The first-order valence-electron chi connectivity index (χ1n) is 20.8. The lowest BCUT2D eigenvalue weighted by molar-refractivity contribution is 0.660. The zero-order valence-electron chi connectivity index (χ0n) is 33.4. The molecule has 0 fully saturated rings. The molecule has 2 aromatic heterocycles. The summed E-state index contributed by atoms with van der Waals surface area (Å²) in [4.78, 5) is 2.42. The predicted octanol–water partition coefficient (Wildman–Crippen LogP) is 15.8. The Hall–Kier alpha value is -7.62. The van der Waals surface area contributed by atoms with Gasteiger partial charge in [-0.15, -0.1) is 0 Å². The summed E-state index contributed by atoms with van der Waals surface area (Å²) >= 11 is 0. The van der Waals surface area contributed by atoms with Gasteiger partial charge < -0.3 is 13.9 Å². The summed E-state index contributed by atoms with van der Waals surface area (Å²) in [6.45, 7) is 4.70. The first-order chi connectivity index (χ1) is 29.5. The third-order valence-corrected chi connectivity index (χ3v) is 12.8. The molecule has 12 rings (SSSR count). The first kappa shape index (κ1) is 34.4. The van der Waals surface area contributed by atoms with E-state index in [4.69, 9.17) is 4.42 Å². The van der Waals surface area contributed by atoms with E-state index in [0.29, 0.717) is 0 Å². The Balaban J connectivity index is 1.03. The van der Waals surface area contributed by atoms with Crippen molar-refractivity contribution in [1.82, 2.24) is 4.57 Å². The van der Waals surface area contributed by atoms with Crippen LogP contribution in [0, 0.1) is 0 Å². The van der Waals surface area contributed by atoms with Crippen molar-refractivity contribution in [1.29, 1.82) is 0 Å². The average Bonchev–Trinajstić information content (AvgIpc) is 3.93. The quantitative estimate of drug-likeness (QED) is 0.168. The molecule has 0 spiro atoms. The number of rotatable bonds is 6. The molecule has 0 aliphatic heterocycles. The standard InChI is InChI=1S/C57H40N2O/c1-57(2)48-23-11-6-19-43(48)44-33-30-38(36-49(44)57)41-18-7-12-24-50(41)59(39-16-4-3-5-17-39)53-35-34-42(56-55(53)47-22-10-15-27-54(47)60-56)37-28-31-40(32-29-37)58-51-25-13-8-20-45(51)46-21-9-14-26-52(46)58/h3-36H,1-2H3. The maximum Gasteiger partial charge on any atom is 0.145 e.